The van der Waals surface area contributed by atoms with Crippen LogP contribution in [0.3, 0.4) is 0 Å². The van der Waals surface area contributed by atoms with Gasteiger partial charge in [-0.3, -0.25) is 10.1 Å². The van der Waals surface area contributed by atoms with Gasteiger partial charge in [0.25, 0.3) is 0 Å². The van der Waals surface area contributed by atoms with Crippen molar-refractivity contribution in [1.29, 1.82) is 0 Å². The molecule has 5 nitrogen and oxygen atoms in total. The van der Waals surface area contributed by atoms with Crippen LogP contribution in [0.5, 0.6) is 0 Å². The van der Waals surface area contributed by atoms with Crippen molar-refractivity contribution in [1.82, 2.24) is 4.98 Å². The molecule has 7 heteroatoms. The summed E-state index contributed by atoms with van der Waals surface area (Å²) in [4.78, 5) is 13.3. The minimum absolute atomic E-state index is 0.0594. The Balaban J connectivity index is 3.36. The number of nitrogens with two attached hydrogens (primary N) is 1. The second-order valence-electron chi connectivity index (χ2n) is 1.91. The summed E-state index contributed by atoms with van der Waals surface area (Å²) in [6.45, 7) is 0. The molecule has 64 valence electrons. The Hall–Kier alpha value is -0.880. The third kappa shape index (κ3) is 1.49. The van der Waals surface area contributed by atoms with E-state index in [1.165, 1.54) is 0 Å². The second kappa shape index (κ2) is 3.24. The standard InChI is InChI=1S/C5H3BrClN3O2/c6-3-2(10(11)12)1-9-5(8)4(3)7/h1H,(H2,8,9). The fourth-order valence-corrected chi connectivity index (χ4v) is 1.19. The monoisotopic (exact) mass is 251 g/mol. The summed E-state index contributed by atoms with van der Waals surface area (Å²) in [6.07, 6.45) is 1.05. The number of rotatable bonds is 1. The van der Waals surface area contributed by atoms with E-state index < -0.39 is 4.92 Å². The van der Waals surface area contributed by atoms with Crippen molar-refractivity contribution in [3.63, 3.8) is 0 Å². The largest absolute Gasteiger partial charge is 0.382 e. The topological polar surface area (TPSA) is 82.0 Å². The molecule has 0 bridgehead atoms. The van der Waals surface area contributed by atoms with Crippen LogP contribution >= 0.6 is 27.5 Å². The van der Waals surface area contributed by atoms with Gasteiger partial charge in [-0.15, -0.1) is 0 Å². The Morgan fingerprint density at radius 2 is 2.33 bits per heavy atom. The van der Waals surface area contributed by atoms with E-state index >= 15 is 0 Å². The molecule has 0 unspecified atom stereocenters. The Labute approximate surface area is 80.8 Å². The number of halogens is 2. The van der Waals surface area contributed by atoms with E-state index in [1.807, 2.05) is 0 Å². The van der Waals surface area contributed by atoms with Crippen LogP contribution in [0, 0.1) is 10.1 Å². The molecular formula is C5H3BrClN3O2. The van der Waals surface area contributed by atoms with E-state index in [0.29, 0.717) is 0 Å². The van der Waals surface area contributed by atoms with E-state index in [0.717, 1.165) is 6.20 Å². The smallest absolute Gasteiger partial charge is 0.303 e. The number of anilines is 1. The van der Waals surface area contributed by atoms with Crippen LogP contribution in [0.25, 0.3) is 0 Å². The van der Waals surface area contributed by atoms with Crippen molar-refractivity contribution in [3.8, 4) is 0 Å². The average Bonchev–Trinajstić information content (AvgIpc) is 2.00. The highest BCUT2D eigenvalue weighted by Gasteiger charge is 2.17. The SMILES string of the molecule is Nc1ncc([N+](=O)[O-])c(Br)c1Cl. The molecule has 12 heavy (non-hydrogen) atoms. The van der Waals surface area contributed by atoms with Crippen molar-refractivity contribution in [2.45, 2.75) is 0 Å². The maximum atomic E-state index is 10.3. The minimum atomic E-state index is -0.595. The van der Waals surface area contributed by atoms with E-state index in [4.69, 9.17) is 17.3 Å². The molecule has 0 atom stereocenters. The van der Waals surface area contributed by atoms with Crippen LogP contribution in [0.2, 0.25) is 5.02 Å². The molecule has 0 spiro atoms. The van der Waals surface area contributed by atoms with E-state index in [1.54, 1.807) is 0 Å². The molecule has 1 aromatic heterocycles. The zero-order valence-corrected chi connectivity index (χ0v) is 7.96. The highest BCUT2D eigenvalue weighted by molar-refractivity contribution is 9.10. The molecule has 0 saturated heterocycles. The van der Waals surface area contributed by atoms with Crippen LogP contribution < -0.4 is 5.73 Å². The summed E-state index contributed by atoms with van der Waals surface area (Å²) in [5.74, 6) is 0.0640. The van der Waals surface area contributed by atoms with Gasteiger partial charge < -0.3 is 5.73 Å². The Morgan fingerprint density at radius 3 is 2.83 bits per heavy atom. The Bertz CT molecular complexity index is 344. The van der Waals surface area contributed by atoms with Crippen LogP contribution in [0.15, 0.2) is 10.7 Å². The van der Waals surface area contributed by atoms with E-state index in [9.17, 15) is 10.1 Å². The van der Waals surface area contributed by atoms with Gasteiger partial charge in [0.1, 0.15) is 21.5 Å². The fourth-order valence-electron chi connectivity index (χ4n) is 0.596. The first-order chi connectivity index (χ1) is 5.54. The van der Waals surface area contributed by atoms with E-state index in [-0.39, 0.29) is 21.0 Å². The molecule has 0 aliphatic rings. The van der Waals surface area contributed by atoms with Gasteiger partial charge >= 0.3 is 5.69 Å². The molecule has 0 saturated carbocycles. The van der Waals surface area contributed by atoms with Crippen LogP contribution in [-0.2, 0) is 0 Å². The number of hydrogen-bond donors (Lipinski definition) is 1. The van der Waals surface area contributed by atoms with Gasteiger partial charge in [-0.25, -0.2) is 4.98 Å². The normalized spacial score (nSPS) is 9.83. The van der Waals surface area contributed by atoms with E-state index in [2.05, 4.69) is 20.9 Å². The molecule has 0 amide bonds. The molecular weight excluding hydrogens is 249 g/mol. The summed E-state index contributed by atoms with van der Waals surface area (Å²) in [7, 11) is 0. The summed E-state index contributed by atoms with van der Waals surface area (Å²) < 4.78 is 0.154. The highest BCUT2D eigenvalue weighted by atomic mass is 79.9. The lowest BCUT2D eigenvalue weighted by Gasteiger charge is -1.99. The van der Waals surface area contributed by atoms with Gasteiger partial charge in [-0.05, 0) is 15.9 Å². The van der Waals surface area contributed by atoms with Crippen molar-refractivity contribution in [2.24, 2.45) is 0 Å². The molecule has 1 heterocycles. The van der Waals surface area contributed by atoms with Gasteiger partial charge in [0.05, 0.1) is 4.92 Å². The number of aromatic nitrogens is 1. The molecule has 0 fully saturated rings. The zero-order valence-electron chi connectivity index (χ0n) is 5.62. The first-order valence-electron chi connectivity index (χ1n) is 2.78. The van der Waals surface area contributed by atoms with Gasteiger partial charge in [0.2, 0.25) is 0 Å². The average molecular weight is 252 g/mol. The third-order valence-electron chi connectivity index (χ3n) is 1.17. The number of pyridine rings is 1. The summed E-state index contributed by atoms with van der Waals surface area (Å²) in [5, 5.41) is 10.4. The fraction of sp³-hybridized carbons (Fsp3) is 0. The van der Waals surface area contributed by atoms with Gasteiger partial charge in [0.15, 0.2) is 0 Å². The molecule has 0 aliphatic carbocycles. The lowest BCUT2D eigenvalue weighted by molar-refractivity contribution is -0.386. The summed E-state index contributed by atoms with van der Waals surface area (Å²) in [5.41, 5.74) is 5.09. The zero-order chi connectivity index (χ0) is 9.30. The van der Waals surface area contributed by atoms with Gasteiger partial charge in [-0.2, -0.15) is 0 Å². The van der Waals surface area contributed by atoms with Crippen LogP contribution in [-0.4, -0.2) is 9.91 Å². The predicted octanol–water partition coefficient (Wildman–Crippen LogP) is 1.99. The third-order valence-corrected chi connectivity index (χ3v) is 2.58. The highest BCUT2D eigenvalue weighted by Crippen LogP contribution is 2.33. The van der Waals surface area contributed by atoms with Crippen molar-refractivity contribution in [3.05, 3.63) is 25.8 Å². The number of nitrogen functional groups attached to an aromatic ring is 1. The molecule has 0 aromatic carbocycles. The van der Waals surface area contributed by atoms with Crippen molar-refractivity contribution < 1.29 is 4.92 Å². The maximum absolute atomic E-state index is 10.3. The van der Waals surface area contributed by atoms with Crippen LogP contribution in [0.4, 0.5) is 11.5 Å². The molecule has 1 rings (SSSR count). The molecule has 2 N–H and O–H groups in total. The predicted molar refractivity (Wildman–Crippen MR) is 48.0 cm³/mol. The summed E-state index contributed by atoms with van der Waals surface area (Å²) in [6, 6.07) is 0. The van der Waals surface area contributed by atoms with Crippen molar-refractivity contribution >= 4 is 39.0 Å². The van der Waals surface area contributed by atoms with Gasteiger partial charge in [-0.1, -0.05) is 11.6 Å². The lowest BCUT2D eigenvalue weighted by Crippen LogP contribution is -1.96. The Kier molecular flexibility index (Phi) is 2.49. The number of nitrogens with zero attached hydrogens (tertiary/aromatic N) is 2. The van der Waals surface area contributed by atoms with Crippen molar-refractivity contribution in [2.75, 3.05) is 5.73 Å². The Morgan fingerprint density at radius 1 is 1.75 bits per heavy atom. The number of nitro groups is 1. The summed E-state index contributed by atoms with van der Waals surface area (Å²) >= 11 is 8.53. The first kappa shape index (κ1) is 9.21. The van der Waals surface area contributed by atoms with Crippen LogP contribution in [0.1, 0.15) is 0 Å². The molecule has 1 aromatic rings. The maximum Gasteiger partial charge on any atom is 0.303 e. The quantitative estimate of drug-likeness (QED) is 0.612. The first-order valence-corrected chi connectivity index (χ1v) is 3.95. The van der Waals surface area contributed by atoms with Gasteiger partial charge in [0, 0.05) is 0 Å². The lowest BCUT2D eigenvalue weighted by atomic mass is 10.4. The minimum Gasteiger partial charge on any atom is -0.382 e. The molecule has 0 radical (unpaired) electrons. The molecule has 0 aliphatic heterocycles. The second-order valence-corrected chi connectivity index (χ2v) is 3.08. The number of hydrogen-bond acceptors (Lipinski definition) is 4.